The van der Waals surface area contributed by atoms with Gasteiger partial charge in [0.2, 0.25) is 5.91 Å². The molecule has 29 heavy (non-hydrogen) atoms. The lowest BCUT2D eigenvalue weighted by Crippen LogP contribution is -2.25. The number of nitrogens with zero attached hydrogens (tertiary/aromatic N) is 5. The van der Waals surface area contributed by atoms with Crippen LogP contribution in [0.2, 0.25) is 0 Å². The molecule has 0 saturated carbocycles. The molecule has 0 unspecified atom stereocenters. The lowest BCUT2D eigenvalue weighted by atomic mass is 9.85. The van der Waals surface area contributed by atoms with Gasteiger partial charge in [-0.3, -0.25) is 4.79 Å². The molecule has 5 rings (SSSR count). The standard InChI is InChI=1S/C21H21N7O/c1-11(2)13-4-6-14(7-5-13)15-8-16(29)26-20-17(15)12(3)27-28(20)21-18-19(23-9-22-18)24-10-25-21/h4-7,9-11,15H,8H2,1-3H3,(H,26,29)(H,22,23,24,25)/t15-/m1/s1. The molecule has 8 nitrogen and oxygen atoms in total. The topological polar surface area (TPSA) is 101 Å². The molecule has 0 fully saturated rings. The van der Waals surface area contributed by atoms with Crippen LogP contribution < -0.4 is 5.32 Å². The van der Waals surface area contributed by atoms with Crippen molar-refractivity contribution < 1.29 is 4.79 Å². The van der Waals surface area contributed by atoms with Gasteiger partial charge < -0.3 is 10.3 Å². The van der Waals surface area contributed by atoms with Crippen molar-refractivity contribution in [1.29, 1.82) is 0 Å². The van der Waals surface area contributed by atoms with Gasteiger partial charge in [0, 0.05) is 17.9 Å². The number of carbonyl (C=O) groups is 1. The number of hydrogen-bond donors (Lipinski definition) is 2. The van der Waals surface area contributed by atoms with Crippen LogP contribution in [0.15, 0.2) is 36.9 Å². The average Bonchev–Trinajstić information content (AvgIpc) is 3.32. The number of amides is 1. The van der Waals surface area contributed by atoms with Crippen LogP contribution in [0, 0.1) is 6.92 Å². The summed E-state index contributed by atoms with van der Waals surface area (Å²) in [5, 5.41) is 7.71. The molecule has 1 aliphatic heterocycles. The van der Waals surface area contributed by atoms with Crippen molar-refractivity contribution in [3.8, 4) is 5.82 Å². The van der Waals surface area contributed by atoms with Crippen molar-refractivity contribution >= 4 is 22.9 Å². The van der Waals surface area contributed by atoms with Crippen molar-refractivity contribution in [3.63, 3.8) is 0 Å². The number of aromatic nitrogens is 6. The molecule has 0 spiro atoms. The first-order valence-electron chi connectivity index (χ1n) is 9.66. The number of anilines is 1. The van der Waals surface area contributed by atoms with Gasteiger partial charge in [-0.15, -0.1) is 0 Å². The number of imidazole rings is 1. The predicted octanol–water partition coefficient (Wildman–Crippen LogP) is 3.44. The highest BCUT2D eigenvalue weighted by atomic mass is 16.1. The van der Waals surface area contributed by atoms with Gasteiger partial charge in [-0.25, -0.2) is 15.0 Å². The molecule has 1 aliphatic rings. The summed E-state index contributed by atoms with van der Waals surface area (Å²) < 4.78 is 1.68. The molecule has 1 amide bonds. The molecular weight excluding hydrogens is 366 g/mol. The van der Waals surface area contributed by atoms with E-state index in [9.17, 15) is 4.79 Å². The summed E-state index contributed by atoms with van der Waals surface area (Å²) in [5.74, 6) is 1.60. The van der Waals surface area contributed by atoms with Gasteiger partial charge in [-0.1, -0.05) is 38.1 Å². The Morgan fingerprint density at radius 2 is 1.93 bits per heavy atom. The van der Waals surface area contributed by atoms with Crippen molar-refractivity contribution in [1.82, 2.24) is 29.7 Å². The maximum absolute atomic E-state index is 12.6. The fourth-order valence-electron chi connectivity index (χ4n) is 4.01. The van der Waals surface area contributed by atoms with Gasteiger partial charge in [-0.2, -0.15) is 9.78 Å². The summed E-state index contributed by atoms with van der Waals surface area (Å²) in [6.45, 7) is 6.31. The second kappa shape index (κ2) is 6.51. The first kappa shape index (κ1) is 17.5. The Morgan fingerprint density at radius 3 is 2.69 bits per heavy atom. The molecule has 4 heterocycles. The van der Waals surface area contributed by atoms with Crippen molar-refractivity contribution in [2.75, 3.05) is 5.32 Å². The van der Waals surface area contributed by atoms with E-state index in [1.165, 1.54) is 11.9 Å². The number of benzene rings is 1. The van der Waals surface area contributed by atoms with Crippen LogP contribution in [-0.2, 0) is 4.79 Å². The van der Waals surface area contributed by atoms with Crippen LogP contribution in [0.5, 0.6) is 0 Å². The molecular formula is C21H21N7O. The van der Waals surface area contributed by atoms with Crippen LogP contribution in [0.25, 0.3) is 17.0 Å². The zero-order valence-electron chi connectivity index (χ0n) is 16.5. The third-order valence-electron chi connectivity index (χ3n) is 5.51. The Labute approximate surface area is 167 Å². The number of fused-ring (bicyclic) bond motifs is 2. The lowest BCUT2D eigenvalue weighted by Gasteiger charge is -2.24. The second-order valence-electron chi connectivity index (χ2n) is 7.68. The zero-order valence-corrected chi connectivity index (χ0v) is 16.5. The second-order valence-corrected chi connectivity index (χ2v) is 7.68. The highest BCUT2D eigenvalue weighted by Crippen LogP contribution is 2.40. The van der Waals surface area contributed by atoms with Crippen molar-refractivity contribution in [2.45, 2.75) is 39.0 Å². The largest absolute Gasteiger partial charge is 0.340 e. The fraction of sp³-hybridized carbons (Fsp3) is 0.286. The Bertz CT molecular complexity index is 1220. The van der Waals surface area contributed by atoms with E-state index in [1.54, 1.807) is 11.0 Å². The van der Waals surface area contributed by atoms with Crippen molar-refractivity contribution in [2.24, 2.45) is 0 Å². The summed E-state index contributed by atoms with van der Waals surface area (Å²) in [6.07, 6.45) is 3.42. The van der Waals surface area contributed by atoms with Gasteiger partial charge in [0.15, 0.2) is 11.5 Å². The number of nitrogens with one attached hydrogen (secondary N) is 2. The Kier molecular flexibility index (Phi) is 3.94. The number of carbonyl (C=O) groups excluding carboxylic acids is 1. The Balaban J connectivity index is 1.66. The molecule has 8 heteroatoms. The van der Waals surface area contributed by atoms with Crippen LogP contribution >= 0.6 is 0 Å². The molecule has 0 saturated heterocycles. The first-order valence-corrected chi connectivity index (χ1v) is 9.66. The normalized spacial score (nSPS) is 16.3. The summed E-state index contributed by atoms with van der Waals surface area (Å²) in [6, 6.07) is 8.53. The molecule has 0 aliphatic carbocycles. The SMILES string of the molecule is Cc1nn(-c2ncnc3nc[nH]c23)c2c1[C@@H](c1ccc(C(C)C)cc1)CC(=O)N2. The van der Waals surface area contributed by atoms with E-state index in [0.29, 0.717) is 35.1 Å². The molecule has 4 aromatic rings. The van der Waals surface area contributed by atoms with E-state index in [4.69, 9.17) is 5.10 Å². The van der Waals surface area contributed by atoms with Gasteiger partial charge in [-0.05, 0) is 24.0 Å². The van der Waals surface area contributed by atoms with Gasteiger partial charge >= 0.3 is 0 Å². The minimum atomic E-state index is -0.0483. The zero-order chi connectivity index (χ0) is 20.1. The molecule has 3 aromatic heterocycles. The minimum absolute atomic E-state index is 0.0357. The number of aryl methyl sites for hydroxylation is 1. The Morgan fingerprint density at radius 1 is 1.14 bits per heavy atom. The molecule has 1 aromatic carbocycles. The van der Waals surface area contributed by atoms with Crippen LogP contribution in [-0.4, -0.2) is 35.6 Å². The van der Waals surface area contributed by atoms with Gasteiger partial charge in [0.05, 0.1) is 12.0 Å². The number of H-pyrrole nitrogens is 1. The van der Waals surface area contributed by atoms with E-state index in [-0.39, 0.29) is 11.8 Å². The molecule has 1 atom stereocenters. The smallest absolute Gasteiger partial charge is 0.226 e. The summed E-state index contributed by atoms with van der Waals surface area (Å²) in [5.41, 5.74) is 5.51. The fourth-order valence-corrected chi connectivity index (χ4v) is 4.01. The average molecular weight is 387 g/mol. The molecule has 2 N–H and O–H groups in total. The molecule has 0 radical (unpaired) electrons. The van der Waals surface area contributed by atoms with E-state index >= 15 is 0 Å². The number of aromatic amines is 1. The monoisotopic (exact) mass is 387 g/mol. The first-order chi connectivity index (χ1) is 14.0. The van der Waals surface area contributed by atoms with Gasteiger partial charge in [0.1, 0.15) is 17.7 Å². The predicted molar refractivity (Wildman–Crippen MR) is 109 cm³/mol. The third kappa shape index (κ3) is 2.79. The summed E-state index contributed by atoms with van der Waals surface area (Å²) >= 11 is 0. The Hall–Kier alpha value is -3.55. The molecule has 0 bridgehead atoms. The van der Waals surface area contributed by atoms with Crippen LogP contribution in [0.3, 0.4) is 0 Å². The maximum atomic E-state index is 12.6. The van der Waals surface area contributed by atoms with Gasteiger partial charge in [0.25, 0.3) is 0 Å². The number of rotatable bonds is 3. The molecule has 146 valence electrons. The van der Waals surface area contributed by atoms with E-state index < -0.39 is 0 Å². The highest BCUT2D eigenvalue weighted by Gasteiger charge is 2.33. The number of hydrogen-bond acceptors (Lipinski definition) is 5. The quantitative estimate of drug-likeness (QED) is 0.561. The maximum Gasteiger partial charge on any atom is 0.226 e. The van der Waals surface area contributed by atoms with E-state index in [1.807, 2.05) is 6.92 Å². The summed E-state index contributed by atoms with van der Waals surface area (Å²) in [7, 11) is 0. The van der Waals surface area contributed by atoms with Crippen molar-refractivity contribution in [3.05, 3.63) is 59.3 Å². The van der Waals surface area contributed by atoms with E-state index in [0.717, 1.165) is 16.8 Å². The van der Waals surface area contributed by atoms with E-state index in [2.05, 4.69) is 63.4 Å². The lowest BCUT2D eigenvalue weighted by molar-refractivity contribution is -0.116. The third-order valence-corrected chi connectivity index (χ3v) is 5.51. The minimum Gasteiger partial charge on any atom is -0.340 e. The van der Waals surface area contributed by atoms with Crippen LogP contribution in [0.1, 0.15) is 54.5 Å². The van der Waals surface area contributed by atoms with Crippen LogP contribution in [0.4, 0.5) is 5.82 Å². The summed E-state index contributed by atoms with van der Waals surface area (Å²) in [4.78, 5) is 28.4. The highest BCUT2D eigenvalue weighted by molar-refractivity contribution is 5.95.